The van der Waals surface area contributed by atoms with Gasteiger partial charge in [-0.15, -0.1) is 0 Å². The minimum absolute atomic E-state index is 0.0610. The van der Waals surface area contributed by atoms with Gasteiger partial charge in [0.1, 0.15) is 0 Å². The Bertz CT molecular complexity index is 920. The van der Waals surface area contributed by atoms with Crippen molar-refractivity contribution in [1.29, 1.82) is 0 Å². The molecule has 2 aromatic heterocycles. The van der Waals surface area contributed by atoms with Crippen molar-refractivity contribution in [2.45, 2.75) is 64.3 Å². The number of rotatable bonds is 8. The number of piperidine rings is 1. The SMILES string of the molecule is COCCn1c(CN2CCCCC2c2cccnc2)cnc1S(=O)(=O)CC(C)(C)C. The lowest BCUT2D eigenvalue weighted by Gasteiger charge is -2.36. The molecule has 30 heavy (non-hydrogen) atoms. The third-order valence-electron chi connectivity index (χ3n) is 5.37. The van der Waals surface area contributed by atoms with Gasteiger partial charge in [0.2, 0.25) is 15.0 Å². The number of pyridine rings is 1. The second kappa shape index (κ2) is 9.58. The van der Waals surface area contributed by atoms with Gasteiger partial charge in [0.15, 0.2) is 0 Å². The lowest BCUT2D eigenvalue weighted by Crippen LogP contribution is -2.34. The average molecular weight is 435 g/mol. The molecule has 0 amide bonds. The van der Waals surface area contributed by atoms with Gasteiger partial charge >= 0.3 is 0 Å². The number of imidazole rings is 1. The van der Waals surface area contributed by atoms with Crippen LogP contribution in [0.25, 0.3) is 0 Å². The molecule has 1 saturated heterocycles. The molecule has 0 radical (unpaired) electrons. The predicted molar refractivity (Wildman–Crippen MR) is 117 cm³/mol. The summed E-state index contributed by atoms with van der Waals surface area (Å²) in [7, 11) is -1.87. The monoisotopic (exact) mass is 434 g/mol. The summed E-state index contributed by atoms with van der Waals surface area (Å²) in [6.45, 7) is 8.32. The minimum Gasteiger partial charge on any atom is -0.383 e. The highest BCUT2D eigenvalue weighted by Crippen LogP contribution is 2.32. The Hall–Kier alpha value is -1.77. The quantitative estimate of drug-likeness (QED) is 0.633. The van der Waals surface area contributed by atoms with Gasteiger partial charge in [-0.05, 0) is 36.4 Å². The van der Waals surface area contributed by atoms with Crippen LogP contribution >= 0.6 is 0 Å². The van der Waals surface area contributed by atoms with Gasteiger partial charge in [-0.25, -0.2) is 13.4 Å². The van der Waals surface area contributed by atoms with Crippen molar-refractivity contribution in [2.24, 2.45) is 5.41 Å². The first-order chi connectivity index (χ1) is 14.2. The van der Waals surface area contributed by atoms with E-state index in [0.29, 0.717) is 19.7 Å². The Kier molecular flexibility index (Phi) is 7.31. The van der Waals surface area contributed by atoms with E-state index in [2.05, 4.69) is 20.9 Å². The molecule has 0 aliphatic carbocycles. The summed E-state index contributed by atoms with van der Waals surface area (Å²) in [5.41, 5.74) is 1.78. The lowest BCUT2D eigenvalue weighted by molar-refractivity contribution is 0.134. The minimum atomic E-state index is -3.50. The van der Waals surface area contributed by atoms with Crippen LogP contribution in [0.2, 0.25) is 0 Å². The molecular formula is C22H34N4O3S. The normalized spacial score (nSPS) is 18.6. The van der Waals surface area contributed by atoms with E-state index >= 15 is 0 Å². The highest BCUT2D eigenvalue weighted by Gasteiger charge is 2.30. The van der Waals surface area contributed by atoms with Crippen molar-refractivity contribution in [1.82, 2.24) is 19.4 Å². The van der Waals surface area contributed by atoms with Crippen molar-refractivity contribution < 1.29 is 13.2 Å². The summed E-state index contributed by atoms with van der Waals surface area (Å²) in [6, 6.07) is 4.38. The van der Waals surface area contributed by atoms with Crippen LogP contribution in [0.1, 0.15) is 57.3 Å². The lowest BCUT2D eigenvalue weighted by atomic mass is 9.96. The molecular weight excluding hydrogens is 400 g/mol. The van der Waals surface area contributed by atoms with Gasteiger partial charge in [0.05, 0.1) is 24.3 Å². The maximum absolute atomic E-state index is 13.1. The maximum atomic E-state index is 13.1. The van der Waals surface area contributed by atoms with Crippen molar-refractivity contribution in [2.75, 3.05) is 26.0 Å². The van der Waals surface area contributed by atoms with Crippen molar-refractivity contribution in [3.05, 3.63) is 42.0 Å². The van der Waals surface area contributed by atoms with E-state index in [1.807, 2.05) is 37.6 Å². The highest BCUT2D eigenvalue weighted by atomic mass is 32.2. The van der Waals surface area contributed by atoms with E-state index in [-0.39, 0.29) is 22.4 Å². The molecule has 1 unspecified atom stereocenters. The molecule has 0 spiro atoms. The zero-order chi connectivity index (χ0) is 21.8. The topological polar surface area (TPSA) is 77.3 Å². The second-order valence-corrected chi connectivity index (χ2v) is 11.1. The standard InChI is InChI=1S/C22H34N4O3S/c1-22(2,3)17-30(27,28)21-24-15-19(26(21)12-13-29-4)16-25-11-6-5-9-20(25)18-8-7-10-23-14-18/h7-8,10,14-15,20H,5-6,9,11-13,16-17H2,1-4H3. The van der Waals surface area contributed by atoms with Gasteiger partial charge in [0, 0.05) is 38.6 Å². The summed E-state index contributed by atoms with van der Waals surface area (Å²) in [4.78, 5) is 11.1. The van der Waals surface area contributed by atoms with Crippen LogP contribution in [0.5, 0.6) is 0 Å². The average Bonchev–Trinajstić information content (AvgIpc) is 3.09. The summed E-state index contributed by atoms with van der Waals surface area (Å²) >= 11 is 0. The zero-order valence-corrected chi connectivity index (χ0v) is 19.4. The second-order valence-electron chi connectivity index (χ2n) is 9.26. The molecule has 0 N–H and O–H groups in total. The van der Waals surface area contributed by atoms with Crippen LogP contribution in [0.4, 0.5) is 0 Å². The maximum Gasteiger partial charge on any atom is 0.227 e. The number of hydrogen-bond acceptors (Lipinski definition) is 6. The first-order valence-electron chi connectivity index (χ1n) is 10.6. The fourth-order valence-electron chi connectivity index (χ4n) is 4.16. The number of sulfone groups is 1. The molecule has 166 valence electrons. The van der Waals surface area contributed by atoms with Crippen LogP contribution < -0.4 is 0 Å². The molecule has 1 fully saturated rings. The number of hydrogen-bond donors (Lipinski definition) is 0. The zero-order valence-electron chi connectivity index (χ0n) is 18.5. The Balaban J connectivity index is 1.90. The van der Waals surface area contributed by atoms with Crippen molar-refractivity contribution in [3.8, 4) is 0 Å². The highest BCUT2D eigenvalue weighted by molar-refractivity contribution is 7.91. The summed E-state index contributed by atoms with van der Waals surface area (Å²) in [6.07, 6.45) is 8.85. The Morgan fingerprint density at radius 2 is 2.03 bits per heavy atom. The number of aromatic nitrogens is 3. The van der Waals surface area contributed by atoms with E-state index in [4.69, 9.17) is 4.74 Å². The molecule has 1 aliphatic rings. The Labute approximate surface area is 180 Å². The fourth-order valence-corrected chi connectivity index (χ4v) is 6.19. The summed E-state index contributed by atoms with van der Waals surface area (Å²) < 4.78 is 33.2. The van der Waals surface area contributed by atoms with Crippen LogP contribution in [0.3, 0.4) is 0 Å². The number of ether oxygens (including phenoxy) is 1. The molecule has 0 saturated carbocycles. The fraction of sp³-hybridized carbons (Fsp3) is 0.636. The smallest absolute Gasteiger partial charge is 0.227 e. The van der Waals surface area contributed by atoms with Gasteiger partial charge in [-0.3, -0.25) is 9.88 Å². The first kappa shape index (κ1) is 22.9. The van der Waals surface area contributed by atoms with Crippen molar-refractivity contribution >= 4 is 9.84 Å². The molecule has 0 aromatic carbocycles. The summed E-state index contributed by atoms with van der Waals surface area (Å²) in [5.74, 6) is 0.0610. The largest absolute Gasteiger partial charge is 0.383 e. The molecule has 8 heteroatoms. The summed E-state index contributed by atoms with van der Waals surface area (Å²) in [5, 5.41) is 0.152. The van der Waals surface area contributed by atoms with Gasteiger partial charge in [-0.1, -0.05) is 33.3 Å². The van der Waals surface area contributed by atoms with Gasteiger partial charge < -0.3 is 9.30 Å². The van der Waals surface area contributed by atoms with Gasteiger partial charge in [0.25, 0.3) is 0 Å². The van der Waals surface area contributed by atoms with Crippen LogP contribution in [-0.4, -0.2) is 53.9 Å². The number of nitrogens with zero attached hydrogens (tertiary/aromatic N) is 4. The first-order valence-corrected chi connectivity index (χ1v) is 12.3. The molecule has 0 bridgehead atoms. The predicted octanol–water partition coefficient (Wildman–Crippen LogP) is 3.47. The molecule has 1 aliphatic heterocycles. The van der Waals surface area contributed by atoms with Crippen LogP contribution in [-0.2, 0) is 27.7 Å². The third kappa shape index (κ3) is 5.68. The third-order valence-corrected chi connectivity index (χ3v) is 7.50. The Morgan fingerprint density at radius 3 is 2.70 bits per heavy atom. The van der Waals surface area contributed by atoms with E-state index in [1.54, 1.807) is 19.5 Å². The van der Waals surface area contributed by atoms with E-state index < -0.39 is 9.84 Å². The molecule has 2 aromatic rings. The van der Waals surface area contributed by atoms with E-state index in [1.165, 1.54) is 12.0 Å². The van der Waals surface area contributed by atoms with Crippen LogP contribution in [0, 0.1) is 5.41 Å². The number of methoxy groups -OCH3 is 1. The van der Waals surface area contributed by atoms with Crippen molar-refractivity contribution in [3.63, 3.8) is 0 Å². The molecule has 7 nitrogen and oxygen atoms in total. The molecule has 3 heterocycles. The number of likely N-dealkylation sites (tertiary alicyclic amines) is 1. The van der Waals surface area contributed by atoms with Gasteiger partial charge in [-0.2, -0.15) is 0 Å². The van der Waals surface area contributed by atoms with E-state index in [0.717, 1.165) is 25.1 Å². The molecule has 1 atom stereocenters. The molecule has 3 rings (SSSR count). The van der Waals surface area contributed by atoms with E-state index in [9.17, 15) is 8.42 Å². The van der Waals surface area contributed by atoms with Crippen LogP contribution in [0.15, 0.2) is 35.9 Å². The Morgan fingerprint density at radius 1 is 1.23 bits per heavy atom.